The summed E-state index contributed by atoms with van der Waals surface area (Å²) in [4.78, 5) is 24.7. The second-order valence-corrected chi connectivity index (χ2v) is 7.32. The van der Waals surface area contributed by atoms with Crippen LogP contribution in [0.25, 0.3) is 0 Å². The lowest BCUT2D eigenvalue weighted by molar-refractivity contribution is 0.149. The number of hydrogen-bond donors (Lipinski definition) is 0. The largest absolute Gasteiger partial charge is 0.415 e. The Labute approximate surface area is 174 Å². The van der Waals surface area contributed by atoms with E-state index in [0.717, 1.165) is 23.2 Å². The summed E-state index contributed by atoms with van der Waals surface area (Å²) in [7, 11) is 0. The van der Waals surface area contributed by atoms with Crippen molar-refractivity contribution in [1.29, 1.82) is 0 Å². The van der Waals surface area contributed by atoms with Crippen LogP contribution in [-0.4, -0.2) is 47.1 Å². The van der Waals surface area contributed by atoms with Crippen molar-refractivity contribution in [2.45, 2.75) is 13.3 Å². The van der Waals surface area contributed by atoms with Crippen molar-refractivity contribution < 1.29 is 13.9 Å². The molecule has 0 bridgehead atoms. The molecular weight excluding hydrogens is 383 g/mol. The van der Waals surface area contributed by atoms with Gasteiger partial charge in [0.2, 0.25) is 0 Å². The monoisotopic (exact) mass is 406 g/mol. The van der Waals surface area contributed by atoms with Gasteiger partial charge in [-0.1, -0.05) is 18.2 Å². The van der Waals surface area contributed by atoms with E-state index in [0.29, 0.717) is 37.7 Å². The van der Waals surface area contributed by atoms with Crippen LogP contribution in [0.5, 0.6) is 5.75 Å². The van der Waals surface area contributed by atoms with Crippen LogP contribution in [0.1, 0.15) is 16.8 Å². The van der Waals surface area contributed by atoms with Crippen LogP contribution in [0.4, 0.5) is 15.0 Å². The summed E-state index contributed by atoms with van der Waals surface area (Å²) in [6.07, 6.45) is 3.43. The van der Waals surface area contributed by atoms with Crippen molar-refractivity contribution in [1.82, 2.24) is 14.9 Å². The fourth-order valence-corrected chi connectivity index (χ4v) is 3.33. The number of anilines is 1. The van der Waals surface area contributed by atoms with E-state index in [1.54, 1.807) is 23.1 Å². The number of pyridine rings is 2. The molecule has 0 saturated carbocycles. The third-order valence-corrected chi connectivity index (χ3v) is 5.06. The highest BCUT2D eigenvalue weighted by Crippen LogP contribution is 2.18. The molecule has 4 rings (SSSR count). The highest BCUT2D eigenvalue weighted by Gasteiger charge is 2.23. The number of piperazine rings is 1. The quantitative estimate of drug-likeness (QED) is 0.659. The van der Waals surface area contributed by atoms with Gasteiger partial charge < -0.3 is 14.5 Å². The molecule has 30 heavy (non-hydrogen) atoms. The minimum absolute atomic E-state index is 0.359. The van der Waals surface area contributed by atoms with Crippen molar-refractivity contribution in [3.8, 4) is 5.75 Å². The summed E-state index contributed by atoms with van der Waals surface area (Å²) >= 11 is 0. The van der Waals surface area contributed by atoms with Gasteiger partial charge in [0, 0.05) is 44.5 Å². The Morgan fingerprint density at radius 3 is 2.37 bits per heavy atom. The molecule has 0 aliphatic carbocycles. The van der Waals surface area contributed by atoms with Gasteiger partial charge in [-0.25, -0.2) is 14.2 Å². The van der Waals surface area contributed by atoms with E-state index in [4.69, 9.17) is 4.74 Å². The van der Waals surface area contributed by atoms with Gasteiger partial charge in [0.25, 0.3) is 0 Å². The van der Waals surface area contributed by atoms with E-state index in [9.17, 15) is 9.18 Å². The lowest BCUT2D eigenvalue weighted by Gasteiger charge is -2.34. The van der Waals surface area contributed by atoms with Crippen molar-refractivity contribution in [2.24, 2.45) is 0 Å². The van der Waals surface area contributed by atoms with Gasteiger partial charge in [0.1, 0.15) is 17.4 Å². The molecule has 1 aliphatic rings. The third kappa shape index (κ3) is 4.92. The summed E-state index contributed by atoms with van der Waals surface area (Å²) < 4.78 is 18.5. The molecule has 3 heterocycles. The minimum atomic E-state index is -0.366. The number of nitrogens with zero attached hydrogens (tertiary/aromatic N) is 4. The van der Waals surface area contributed by atoms with Gasteiger partial charge in [-0.15, -0.1) is 0 Å². The Balaban J connectivity index is 1.28. The molecule has 0 radical (unpaired) electrons. The molecule has 0 unspecified atom stereocenters. The average Bonchev–Trinajstić information content (AvgIpc) is 2.77. The molecule has 1 fully saturated rings. The number of aromatic nitrogens is 2. The summed E-state index contributed by atoms with van der Waals surface area (Å²) in [5.74, 6) is 0.869. The highest BCUT2D eigenvalue weighted by molar-refractivity contribution is 5.71. The van der Waals surface area contributed by atoms with Crippen molar-refractivity contribution in [2.75, 3.05) is 31.1 Å². The molecule has 1 saturated heterocycles. The number of benzene rings is 1. The molecular formula is C23H23FN4O2. The zero-order valence-electron chi connectivity index (χ0n) is 16.8. The van der Waals surface area contributed by atoms with Gasteiger partial charge >= 0.3 is 6.09 Å². The zero-order valence-corrected chi connectivity index (χ0v) is 16.8. The van der Waals surface area contributed by atoms with Crippen LogP contribution in [-0.2, 0) is 6.42 Å². The van der Waals surface area contributed by atoms with E-state index in [1.807, 2.05) is 42.3 Å². The molecule has 154 valence electrons. The topological polar surface area (TPSA) is 58.6 Å². The Morgan fingerprint density at radius 1 is 0.967 bits per heavy atom. The molecule has 3 aromatic rings. The number of aryl methyl sites for hydroxylation is 1. The second kappa shape index (κ2) is 8.90. The molecule has 1 aromatic carbocycles. The van der Waals surface area contributed by atoms with E-state index in [2.05, 4.69) is 9.97 Å². The van der Waals surface area contributed by atoms with E-state index in [-0.39, 0.29) is 11.9 Å². The molecule has 0 N–H and O–H groups in total. The van der Waals surface area contributed by atoms with Gasteiger partial charge in [0.05, 0.1) is 6.20 Å². The normalized spacial score (nSPS) is 13.9. The Hall–Kier alpha value is -3.48. The molecule has 1 amide bonds. The van der Waals surface area contributed by atoms with Crippen LogP contribution < -0.4 is 9.64 Å². The molecule has 6 nitrogen and oxygen atoms in total. The van der Waals surface area contributed by atoms with Crippen LogP contribution in [0.3, 0.4) is 0 Å². The number of hydrogen-bond acceptors (Lipinski definition) is 5. The Morgan fingerprint density at radius 2 is 1.73 bits per heavy atom. The number of carbonyl (C=O) groups excluding carboxylic acids is 1. The van der Waals surface area contributed by atoms with E-state index < -0.39 is 0 Å². The number of carbonyl (C=O) groups is 1. The summed E-state index contributed by atoms with van der Waals surface area (Å²) in [5, 5.41) is 0. The Kier molecular flexibility index (Phi) is 5.88. The summed E-state index contributed by atoms with van der Waals surface area (Å²) in [6, 6.07) is 14.6. The van der Waals surface area contributed by atoms with Crippen molar-refractivity contribution >= 4 is 11.9 Å². The number of rotatable bonds is 4. The second-order valence-electron chi connectivity index (χ2n) is 7.32. The minimum Gasteiger partial charge on any atom is -0.410 e. The van der Waals surface area contributed by atoms with Gasteiger partial charge in [-0.3, -0.25) is 4.98 Å². The first-order chi connectivity index (χ1) is 14.6. The van der Waals surface area contributed by atoms with Crippen LogP contribution in [0.2, 0.25) is 0 Å². The maximum atomic E-state index is 13.0. The fourth-order valence-electron chi connectivity index (χ4n) is 3.33. The van der Waals surface area contributed by atoms with Crippen LogP contribution in [0.15, 0.2) is 60.9 Å². The first-order valence-electron chi connectivity index (χ1n) is 9.90. The van der Waals surface area contributed by atoms with Gasteiger partial charge in [-0.05, 0) is 48.4 Å². The predicted octanol–water partition coefficient (Wildman–Crippen LogP) is 3.84. The van der Waals surface area contributed by atoms with Crippen molar-refractivity contribution in [3.63, 3.8) is 0 Å². The van der Waals surface area contributed by atoms with Crippen molar-refractivity contribution in [3.05, 3.63) is 83.6 Å². The molecule has 7 heteroatoms. The standard InChI is InChI=1S/C23H23FN4O2/c1-17-2-6-20(25-15-17)14-18-3-7-21(8-4-18)30-23(29)28-12-10-27(11-13-28)22-9-5-19(24)16-26-22/h2-9,15-16H,10-14H2,1H3. The number of halogens is 1. The molecule has 0 spiro atoms. The maximum absolute atomic E-state index is 13.0. The van der Waals surface area contributed by atoms with Crippen LogP contribution >= 0.6 is 0 Å². The van der Waals surface area contributed by atoms with Gasteiger partial charge in [-0.2, -0.15) is 0 Å². The summed E-state index contributed by atoms with van der Waals surface area (Å²) in [6.45, 7) is 4.30. The lowest BCUT2D eigenvalue weighted by Crippen LogP contribution is -2.49. The predicted molar refractivity (Wildman–Crippen MR) is 112 cm³/mol. The number of ether oxygens (including phenoxy) is 1. The maximum Gasteiger partial charge on any atom is 0.415 e. The first kappa shape index (κ1) is 19.8. The molecule has 0 atom stereocenters. The average molecular weight is 406 g/mol. The van der Waals surface area contributed by atoms with E-state index >= 15 is 0 Å². The SMILES string of the molecule is Cc1ccc(Cc2ccc(OC(=O)N3CCN(c4ccc(F)cn4)CC3)cc2)nc1. The fraction of sp³-hybridized carbons (Fsp3) is 0.261. The highest BCUT2D eigenvalue weighted by atomic mass is 19.1. The third-order valence-electron chi connectivity index (χ3n) is 5.06. The summed E-state index contributed by atoms with van der Waals surface area (Å²) in [5.41, 5.74) is 3.24. The first-order valence-corrected chi connectivity index (χ1v) is 9.90. The smallest absolute Gasteiger partial charge is 0.410 e. The molecule has 1 aliphatic heterocycles. The van der Waals surface area contributed by atoms with Crippen LogP contribution in [0, 0.1) is 12.7 Å². The number of amides is 1. The zero-order chi connectivity index (χ0) is 20.9. The van der Waals surface area contributed by atoms with Gasteiger partial charge in [0.15, 0.2) is 0 Å². The molecule has 2 aromatic heterocycles. The van der Waals surface area contributed by atoms with E-state index in [1.165, 1.54) is 12.3 Å². The lowest BCUT2D eigenvalue weighted by atomic mass is 10.1. The Bertz CT molecular complexity index is 983.